The topological polar surface area (TPSA) is 93.0 Å². The summed E-state index contributed by atoms with van der Waals surface area (Å²) in [6, 6.07) is 15.2. The zero-order valence-corrected chi connectivity index (χ0v) is 14.0. The number of aromatic nitrogens is 3. The number of amides is 1. The Morgan fingerprint density at radius 1 is 1.19 bits per heavy atom. The van der Waals surface area contributed by atoms with E-state index in [1.165, 1.54) is 0 Å². The summed E-state index contributed by atoms with van der Waals surface area (Å²) in [4.78, 5) is 19.5. The molecule has 2 aromatic heterocycles. The number of nitrogens with zero attached hydrogens (tertiary/aromatic N) is 2. The van der Waals surface area contributed by atoms with Gasteiger partial charge in [0.15, 0.2) is 0 Å². The van der Waals surface area contributed by atoms with E-state index >= 15 is 0 Å². The molecule has 0 bridgehead atoms. The molecule has 2 aromatic carbocycles. The summed E-state index contributed by atoms with van der Waals surface area (Å²) in [5.41, 5.74) is 2.69. The van der Waals surface area contributed by atoms with Crippen molar-refractivity contribution in [3.05, 3.63) is 66.2 Å². The molecular formula is C19H16N4O3. The highest BCUT2D eigenvalue weighted by Crippen LogP contribution is 2.21. The average Bonchev–Trinajstić information content (AvgIpc) is 3.35. The molecule has 0 fully saturated rings. The molecule has 2 heterocycles. The Morgan fingerprint density at radius 3 is 2.85 bits per heavy atom. The first-order chi connectivity index (χ1) is 12.7. The van der Waals surface area contributed by atoms with Crippen LogP contribution in [0.2, 0.25) is 0 Å². The fourth-order valence-electron chi connectivity index (χ4n) is 2.62. The second-order valence-electron chi connectivity index (χ2n) is 5.73. The van der Waals surface area contributed by atoms with E-state index in [2.05, 4.69) is 20.4 Å². The smallest absolute Gasteiger partial charge is 0.316 e. The minimum atomic E-state index is -0.416. The number of benzene rings is 2. The second kappa shape index (κ2) is 6.72. The minimum absolute atomic E-state index is 0.0694. The lowest BCUT2D eigenvalue weighted by Crippen LogP contribution is -2.23. The van der Waals surface area contributed by atoms with Gasteiger partial charge in [-0.25, -0.2) is 0 Å². The van der Waals surface area contributed by atoms with Gasteiger partial charge >= 0.3 is 11.8 Å². The van der Waals surface area contributed by atoms with Crippen LogP contribution in [-0.4, -0.2) is 28.1 Å². The highest BCUT2D eigenvalue weighted by molar-refractivity contribution is 5.90. The van der Waals surface area contributed by atoms with E-state index in [0.717, 1.165) is 27.8 Å². The zero-order valence-electron chi connectivity index (χ0n) is 14.0. The summed E-state index contributed by atoms with van der Waals surface area (Å²) in [5.74, 6) is 0.650. The molecular weight excluding hydrogens is 332 g/mol. The molecule has 130 valence electrons. The molecule has 0 spiro atoms. The predicted molar refractivity (Wildman–Crippen MR) is 95.8 cm³/mol. The zero-order chi connectivity index (χ0) is 17.9. The number of hydrogen-bond donors (Lipinski definition) is 2. The fourth-order valence-corrected chi connectivity index (χ4v) is 2.62. The summed E-state index contributed by atoms with van der Waals surface area (Å²) < 4.78 is 10.2. The first kappa shape index (κ1) is 15.9. The van der Waals surface area contributed by atoms with Crippen LogP contribution in [-0.2, 0) is 6.54 Å². The Bertz CT molecular complexity index is 1050. The lowest BCUT2D eigenvalue weighted by molar-refractivity contribution is 0.0907. The van der Waals surface area contributed by atoms with Crippen molar-refractivity contribution >= 4 is 16.8 Å². The summed E-state index contributed by atoms with van der Waals surface area (Å²) in [7, 11) is 1.61. The maximum atomic E-state index is 12.2. The molecule has 0 saturated heterocycles. The molecule has 2 N–H and O–H groups in total. The predicted octanol–water partition coefficient (Wildman–Crippen LogP) is 3.16. The van der Waals surface area contributed by atoms with Crippen molar-refractivity contribution in [1.29, 1.82) is 0 Å². The Labute approximate surface area is 149 Å². The van der Waals surface area contributed by atoms with Crippen molar-refractivity contribution in [3.8, 4) is 17.1 Å². The van der Waals surface area contributed by atoms with Crippen molar-refractivity contribution < 1.29 is 14.1 Å². The van der Waals surface area contributed by atoms with E-state index in [-0.39, 0.29) is 5.89 Å². The van der Waals surface area contributed by atoms with Gasteiger partial charge in [0.1, 0.15) is 5.75 Å². The number of rotatable bonds is 5. The average molecular weight is 348 g/mol. The van der Waals surface area contributed by atoms with Crippen molar-refractivity contribution in [2.75, 3.05) is 7.11 Å². The van der Waals surface area contributed by atoms with E-state index in [0.29, 0.717) is 12.4 Å². The van der Waals surface area contributed by atoms with E-state index in [1.54, 1.807) is 7.11 Å². The quantitative estimate of drug-likeness (QED) is 0.578. The molecule has 0 aliphatic heterocycles. The number of H-pyrrole nitrogens is 1. The van der Waals surface area contributed by atoms with Gasteiger partial charge in [0, 0.05) is 23.8 Å². The van der Waals surface area contributed by atoms with Crippen LogP contribution in [0.15, 0.2) is 59.3 Å². The van der Waals surface area contributed by atoms with Crippen molar-refractivity contribution in [3.63, 3.8) is 0 Å². The van der Waals surface area contributed by atoms with Gasteiger partial charge in [0.25, 0.3) is 0 Å². The van der Waals surface area contributed by atoms with Crippen LogP contribution in [0.4, 0.5) is 0 Å². The van der Waals surface area contributed by atoms with E-state index in [9.17, 15) is 4.79 Å². The number of methoxy groups -OCH3 is 1. The summed E-state index contributed by atoms with van der Waals surface area (Å²) >= 11 is 0. The standard InChI is InChI=1S/C19H16N4O3/c1-25-15-6-2-12(3-7-15)11-21-18(24)19-22-17(23-26-19)14-5-4-13-8-9-20-16(13)10-14/h2-10,20H,11H2,1H3,(H,21,24). The number of aromatic amines is 1. The van der Waals surface area contributed by atoms with Crippen molar-refractivity contribution in [2.45, 2.75) is 6.54 Å². The van der Waals surface area contributed by atoms with Crippen LogP contribution in [0.5, 0.6) is 5.75 Å². The Kier molecular flexibility index (Phi) is 4.10. The molecule has 0 radical (unpaired) electrons. The number of carbonyl (C=O) groups is 1. The molecule has 0 aliphatic carbocycles. The van der Waals surface area contributed by atoms with Gasteiger partial charge < -0.3 is 19.6 Å². The Balaban J connectivity index is 1.45. The van der Waals surface area contributed by atoms with Crippen LogP contribution in [0.1, 0.15) is 16.2 Å². The highest BCUT2D eigenvalue weighted by atomic mass is 16.5. The monoisotopic (exact) mass is 348 g/mol. The maximum Gasteiger partial charge on any atom is 0.316 e. The van der Waals surface area contributed by atoms with Crippen molar-refractivity contribution in [2.24, 2.45) is 0 Å². The lowest BCUT2D eigenvalue weighted by Gasteiger charge is -2.04. The van der Waals surface area contributed by atoms with E-state index in [1.807, 2.05) is 54.7 Å². The molecule has 7 heteroatoms. The summed E-state index contributed by atoms with van der Waals surface area (Å²) in [6.45, 7) is 0.356. The van der Waals surface area contributed by atoms with Crippen LogP contribution in [0.3, 0.4) is 0 Å². The minimum Gasteiger partial charge on any atom is -0.497 e. The van der Waals surface area contributed by atoms with Gasteiger partial charge in [-0.2, -0.15) is 4.98 Å². The number of fused-ring (bicyclic) bond motifs is 1. The van der Waals surface area contributed by atoms with Crippen LogP contribution < -0.4 is 10.1 Å². The Morgan fingerprint density at radius 2 is 2.04 bits per heavy atom. The van der Waals surface area contributed by atoms with Crippen LogP contribution in [0.25, 0.3) is 22.3 Å². The summed E-state index contributed by atoms with van der Waals surface area (Å²) in [5, 5.41) is 7.75. The normalized spacial score (nSPS) is 10.8. The number of ether oxygens (including phenoxy) is 1. The maximum absolute atomic E-state index is 12.2. The first-order valence-corrected chi connectivity index (χ1v) is 8.05. The third-order valence-electron chi connectivity index (χ3n) is 4.05. The van der Waals surface area contributed by atoms with Gasteiger partial charge in [-0.15, -0.1) is 0 Å². The highest BCUT2D eigenvalue weighted by Gasteiger charge is 2.16. The molecule has 26 heavy (non-hydrogen) atoms. The van der Waals surface area contributed by atoms with E-state index < -0.39 is 5.91 Å². The number of nitrogens with one attached hydrogen (secondary N) is 2. The van der Waals surface area contributed by atoms with Gasteiger partial charge in [0.2, 0.25) is 5.82 Å². The molecule has 4 rings (SSSR count). The molecule has 1 amide bonds. The summed E-state index contributed by atoms with van der Waals surface area (Å²) in [6.07, 6.45) is 1.86. The van der Waals surface area contributed by atoms with E-state index in [4.69, 9.17) is 9.26 Å². The molecule has 0 atom stereocenters. The molecule has 0 unspecified atom stereocenters. The molecule has 0 aliphatic rings. The molecule has 0 saturated carbocycles. The SMILES string of the molecule is COc1ccc(CNC(=O)c2nc(-c3ccc4cc[nH]c4c3)no2)cc1. The third kappa shape index (κ3) is 3.14. The van der Waals surface area contributed by atoms with Crippen molar-refractivity contribution in [1.82, 2.24) is 20.4 Å². The van der Waals surface area contributed by atoms with Gasteiger partial charge in [-0.05, 0) is 35.2 Å². The van der Waals surface area contributed by atoms with Gasteiger partial charge in [-0.1, -0.05) is 29.4 Å². The van der Waals surface area contributed by atoms with Crippen LogP contribution in [0, 0.1) is 0 Å². The van der Waals surface area contributed by atoms with Gasteiger partial charge in [0.05, 0.1) is 7.11 Å². The number of hydrogen-bond acceptors (Lipinski definition) is 5. The molecule has 4 aromatic rings. The lowest BCUT2D eigenvalue weighted by atomic mass is 10.1. The fraction of sp³-hybridized carbons (Fsp3) is 0.105. The Hall–Kier alpha value is -3.61. The number of carbonyl (C=O) groups excluding carboxylic acids is 1. The second-order valence-corrected chi connectivity index (χ2v) is 5.73. The third-order valence-corrected chi connectivity index (χ3v) is 4.05. The first-order valence-electron chi connectivity index (χ1n) is 8.05. The molecule has 7 nitrogen and oxygen atoms in total. The largest absolute Gasteiger partial charge is 0.497 e. The van der Waals surface area contributed by atoms with Crippen LogP contribution >= 0.6 is 0 Å². The van der Waals surface area contributed by atoms with Gasteiger partial charge in [-0.3, -0.25) is 4.79 Å².